The second-order valence-corrected chi connectivity index (χ2v) is 5.65. The number of hydrogen-bond donors (Lipinski definition) is 1. The third-order valence-electron chi connectivity index (χ3n) is 4.07. The molecule has 0 aromatic heterocycles. The highest BCUT2D eigenvalue weighted by Gasteiger charge is 2.36. The Balaban J connectivity index is 2.16. The summed E-state index contributed by atoms with van der Waals surface area (Å²) in [4.78, 5) is 0. The minimum Gasteiger partial charge on any atom is -0.318 e. The van der Waals surface area contributed by atoms with Crippen LogP contribution < -0.4 is 5.73 Å². The Hall–Kier alpha value is -1.67. The van der Waals surface area contributed by atoms with Crippen molar-refractivity contribution in [1.29, 1.82) is 0 Å². The molecule has 0 fully saturated rings. The molecule has 0 spiro atoms. The summed E-state index contributed by atoms with van der Waals surface area (Å²) in [6, 6.07) is 11.4. The molecule has 1 aliphatic rings. The third-order valence-corrected chi connectivity index (χ3v) is 4.07. The summed E-state index contributed by atoms with van der Waals surface area (Å²) in [7, 11) is 0. The topological polar surface area (TPSA) is 26.0 Å². The first-order valence-corrected chi connectivity index (χ1v) is 6.65. The molecule has 0 heterocycles. The molecule has 2 aromatic carbocycles. The lowest BCUT2D eigenvalue weighted by atomic mass is 9.84. The van der Waals surface area contributed by atoms with Crippen molar-refractivity contribution in [3.05, 3.63) is 70.0 Å². The van der Waals surface area contributed by atoms with Crippen molar-refractivity contribution in [2.75, 3.05) is 0 Å². The maximum Gasteiger partial charge on any atom is 0.123 e. The van der Waals surface area contributed by atoms with Crippen LogP contribution in [0.25, 0.3) is 0 Å². The zero-order chi connectivity index (χ0) is 13.6. The molecule has 19 heavy (non-hydrogen) atoms. The van der Waals surface area contributed by atoms with Crippen molar-refractivity contribution < 1.29 is 4.39 Å². The van der Waals surface area contributed by atoms with E-state index in [1.165, 1.54) is 17.2 Å². The summed E-state index contributed by atoms with van der Waals surface area (Å²) >= 11 is 0. The molecule has 2 heteroatoms. The van der Waals surface area contributed by atoms with Crippen LogP contribution in [0, 0.1) is 19.7 Å². The van der Waals surface area contributed by atoms with Gasteiger partial charge in [0.05, 0.1) is 5.54 Å². The van der Waals surface area contributed by atoms with Crippen LogP contribution in [0.3, 0.4) is 0 Å². The maximum atomic E-state index is 13.3. The Morgan fingerprint density at radius 1 is 1.05 bits per heavy atom. The van der Waals surface area contributed by atoms with E-state index in [1.54, 1.807) is 6.07 Å². The standard InChI is InChI=1S/C17H18FN/c1-11-7-12(2)9-14(8-11)17(19)6-5-13-10-15(18)3-4-16(13)17/h3-4,7-10H,5-6,19H2,1-2H3. The van der Waals surface area contributed by atoms with E-state index in [4.69, 9.17) is 5.73 Å². The van der Waals surface area contributed by atoms with Gasteiger partial charge in [0, 0.05) is 0 Å². The first kappa shape index (κ1) is 12.4. The van der Waals surface area contributed by atoms with Crippen molar-refractivity contribution in [3.63, 3.8) is 0 Å². The zero-order valence-electron chi connectivity index (χ0n) is 11.3. The molecular formula is C17H18FN. The highest BCUT2D eigenvalue weighted by Crippen LogP contribution is 2.40. The monoisotopic (exact) mass is 255 g/mol. The summed E-state index contributed by atoms with van der Waals surface area (Å²) in [5.74, 6) is -0.177. The van der Waals surface area contributed by atoms with Gasteiger partial charge in [-0.1, -0.05) is 35.4 Å². The second kappa shape index (κ2) is 4.17. The van der Waals surface area contributed by atoms with Crippen LogP contribution >= 0.6 is 0 Å². The Bertz CT molecular complexity index is 627. The van der Waals surface area contributed by atoms with Gasteiger partial charge in [0.1, 0.15) is 5.82 Å². The Labute approximate surface area is 113 Å². The fourth-order valence-electron chi connectivity index (χ4n) is 3.20. The number of fused-ring (bicyclic) bond motifs is 1. The van der Waals surface area contributed by atoms with Gasteiger partial charge in [-0.25, -0.2) is 4.39 Å². The van der Waals surface area contributed by atoms with Gasteiger partial charge in [-0.05, 0) is 55.5 Å². The molecule has 2 N–H and O–H groups in total. The van der Waals surface area contributed by atoms with Crippen molar-refractivity contribution >= 4 is 0 Å². The molecule has 1 nitrogen and oxygen atoms in total. The number of hydrogen-bond acceptors (Lipinski definition) is 1. The normalized spacial score (nSPS) is 21.5. The van der Waals surface area contributed by atoms with Crippen molar-refractivity contribution in [3.8, 4) is 0 Å². The van der Waals surface area contributed by atoms with Gasteiger partial charge >= 0.3 is 0 Å². The molecule has 98 valence electrons. The molecule has 1 atom stereocenters. The summed E-state index contributed by atoms with van der Waals surface area (Å²) in [5, 5.41) is 0. The summed E-state index contributed by atoms with van der Waals surface area (Å²) in [6.07, 6.45) is 1.69. The molecule has 0 saturated heterocycles. The van der Waals surface area contributed by atoms with Crippen LogP contribution in [-0.4, -0.2) is 0 Å². The predicted octanol–water partition coefficient (Wildman–Crippen LogP) is 3.59. The van der Waals surface area contributed by atoms with E-state index in [9.17, 15) is 4.39 Å². The fourth-order valence-corrected chi connectivity index (χ4v) is 3.20. The van der Waals surface area contributed by atoms with Gasteiger partial charge < -0.3 is 5.73 Å². The van der Waals surface area contributed by atoms with Crippen molar-refractivity contribution in [2.45, 2.75) is 32.2 Å². The first-order valence-electron chi connectivity index (χ1n) is 6.65. The maximum absolute atomic E-state index is 13.3. The molecule has 3 rings (SSSR count). The van der Waals surface area contributed by atoms with Gasteiger partial charge in [-0.2, -0.15) is 0 Å². The first-order chi connectivity index (χ1) is 8.99. The summed E-state index contributed by atoms with van der Waals surface area (Å²) in [6.45, 7) is 4.17. The largest absolute Gasteiger partial charge is 0.318 e. The average Bonchev–Trinajstić information content (AvgIpc) is 2.66. The number of halogens is 1. The lowest BCUT2D eigenvalue weighted by Gasteiger charge is -2.27. The summed E-state index contributed by atoms with van der Waals surface area (Å²) < 4.78 is 13.3. The second-order valence-electron chi connectivity index (χ2n) is 5.65. The van der Waals surface area contributed by atoms with E-state index in [0.717, 1.165) is 29.5 Å². The van der Waals surface area contributed by atoms with Gasteiger partial charge in [-0.3, -0.25) is 0 Å². The van der Waals surface area contributed by atoms with Crippen LogP contribution in [0.2, 0.25) is 0 Å². The molecule has 0 aliphatic heterocycles. The Kier molecular flexibility index (Phi) is 2.72. The van der Waals surface area contributed by atoms with Crippen molar-refractivity contribution in [1.82, 2.24) is 0 Å². The van der Waals surface area contributed by atoms with Gasteiger partial charge in [0.2, 0.25) is 0 Å². The van der Waals surface area contributed by atoms with E-state index in [1.807, 2.05) is 6.07 Å². The molecule has 0 saturated carbocycles. The van der Waals surface area contributed by atoms with Crippen LogP contribution in [-0.2, 0) is 12.0 Å². The Morgan fingerprint density at radius 3 is 2.42 bits per heavy atom. The number of nitrogens with two attached hydrogens (primary N) is 1. The molecular weight excluding hydrogens is 237 g/mol. The molecule has 2 aromatic rings. The lowest BCUT2D eigenvalue weighted by molar-refractivity contribution is 0.534. The van der Waals surface area contributed by atoms with Crippen LogP contribution in [0.15, 0.2) is 36.4 Å². The molecule has 0 radical (unpaired) electrons. The SMILES string of the molecule is Cc1cc(C)cc(C2(N)CCc3cc(F)ccc32)c1. The third kappa shape index (κ3) is 1.96. The average molecular weight is 255 g/mol. The van der Waals surface area contributed by atoms with E-state index < -0.39 is 5.54 Å². The Morgan fingerprint density at radius 2 is 1.74 bits per heavy atom. The minimum absolute atomic E-state index is 0.177. The van der Waals surface area contributed by atoms with Gasteiger partial charge in [0.25, 0.3) is 0 Å². The van der Waals surface area contributed by atoms with Crippen LogP contribution in [0.4, 0.5) is 4.39 Å². The molecule has 1 aliphatic carbocycles. The number of rotatable bonds is 1. The quantitative estimate of drug-likeness (QED) is 0.828. The van der Waals surface area contributed by atoms with E-state index in [0.29, 0.717) is 0 Å². The van der Waals surface area contributed by atoms with E-state index >= 15 is 0 Å². The minimum atomic E-state index is -0.472. The lowest BCUT2D eigenvalue weighted by Crippen LogP contribution is -2.35. The van der Waals surface area contributed by atoms with E-state index in [2.05, 4.69) is 32.0 Å². The number of benzene rings is 2. The molecule has 1 unspecified atom stereocenters. The van der Waals surface area contributed by atoms with Crippen LogP contribution in [0.1, 0.15) is 34.2 Å². The van der Waals surface area contributed by atoms with E-state index in [-0.39, 0.29) is 5.82 Å². The highest BCUT2D eigenvalue weighted by molar-refractivity contribution is 5.48. The zero-order valence-corrected chi connectivity index (χ0v) is 11.3. The number of aryl methyl sites for hydroxylation is 3. The van der Waals surface area contributed by atoms with Gasteiger partial charge in [-0.15, -0.1) is 0 Å². The highest BCUT2D eigenvalue weighted by atomic mass is 19.1. The smallest absolute Gasteiger partial charge is 0.123 e. The molecule has 0 bridgehead atoms. The van der Waals surface area contributed by atoms with Crippen LogP contribution in [0.5, 0.6) is 0 Å². The van der Waals surface area contributed by atoms with Gasteiger partial charge in [0.15, 0.2) is 0 Å². The summed E-state index contributed by atoms with van der Waals surface area (Å²) in [5.41, 5.74) is 11.9. The predicted molar refractivity (Wildman–Crippen MR) is 75.6 cm³/mol. The van der Waals surface area contributed by atoms with Crippen molar-refractivity contribution in [2.24, 2.45) is 5.73 Å². The molecule has 0 amide bonds. The fraction of sp³-hybridized carbons (Fsp3) is 0.294.